The van der Waals surface area contributed by atoms with Gasteiger partial charge in [-0.25, -0.2) is 0 Å². The summed E-state index contributed by atoms with van der Waals surface area (Å²) >= 11 is 0. The molecule has 0 spiro atoms. The second kappa shape index (κ2) is 7.79. The van der Waals surface area contributed by atoms with Crippen LogP contribution in [0.25, 0.3) is 0 Å². The number of hydrogen-bond acceptors (Lipinski definition) is 4. The predicted octanol–water partition coefficient (Wildman–Crippen LogP) is 1.75. The van der Waals surface area contributed by atoms with Crippen LogP contribution in [0.1, 0.15) is 25.3 Å². The molecule has 0 radical (unpaired) electrons. The number of hydrogen-bond donors (Lipinski definition) is 1. The van der Waals surface area contributed by atoms with Crippen molar-refractivity contribution in [2.75, 3.05) is 40.4 Å². The number of amides is 1. The fourth-order valence-corrected chi connectivity index (χ4v) is 3.18. The maximum absolute atomic E-state index is 12.5. The summed E-state index contributed by atoms with van der Waals surface area (Å²) in [6, 6.07) is 7.76. The van der Waals surface area contributed by atoms with E-state index in [0.29, 0.717) is 13.1 Å². The van der Waals surface area contributed by atoms with E-state index in [1.54, 1.807) is 12.0 Å². The molecule has 1 heterocycles. The van der Waals surface area contributed by atoms with Crippen molar-refractivity contribution in [3.8, 4) is 5.75 Å². The first-order valence-electron chi connectivity index (χ1n) is 8.16. The van der Waals surface area contributed by atoms with Crippen molar-refractivity contribution < 1.29 is 14.6 Å². The molecular formula is C18H28N2O3. The Labute approximate surface area is 138 Å². The fraction of sp³-hybridized carbons (Fsp3) is 0.611. The third-order valence-corrected chi connectivity index (χ3v) is 4.63. The highest BCUT2D eigenvalue weighted by atomic mass is 16.5. The second-order valence-corrected chi connectivity index (χ2v) is 6.84. The van der Waals surface area contributed by atoms with Crippen LogP contribution in [0.4, 0.5) is 0 Å². The van der Waals surface area contributed by atoms with Crippen molar-refractivity contribution in [3.63, 3.8) is 0 Å². The Bertz CT molecular complexity index is 535. The van der Waals surface area contributed by atoms with Gasteiger partial charge in [0.2, 0.25) is 5.91 Å². The van der Waals surface area contributed by atoms with E-state index in [2.05, 4.69) is 11.8 Å². The Morgan fingerprint density at radius 3 is 2.87 bits per heavy atom. The van der Waals surface area contributed by atoms with Crippen molar-refractivity contribution in [1.82, 2.24) is 9.80 Å². The van der Waals surface area contributed by atoms with Gasteiger partial charge in [-0.1, -0.05) is 25.1 Å². The van der Waals surface area contributed by atoms with Crippen LogP contribution in [0.2, 0.25) is 0 Å². The SMILES string of the molecule is COc1ccccc1CN(C)C(=O)CN1CCCC(C)(CO)C1. The van der Waals surface area contributed by atoms with Gasteiger partial charge >= 0.3 is 0 Å². The summed E-state index contributed by atoms with van der Waals surface area (Å²) in [5.41, 5.74) is 0.921. The van der Waals surface area contributed by atoms with E-state index in [1.165, 1.54) is 0 Å². The van der Waals surface area contributed by atoms with Crippen LogP contribution < -0.4 is 4.74 Å². The van der Waals surface area contributed by atoms with Crippen molar-refractivity contribution >= 4 is 5.91 Å². The number of aliphatic hydroxyl groups excluding tert-OH is 1. The first kappa shape index (κ1) is 17.8. The Balaban J connectivity index is 1.92. The molecule has 1 fully saturated rings. The zero-order valence-electron chi connectivity index (χ0n) is 14.4. The summed E-state index contributed by atoms with van der Waals surface area (Å²) in [6.45, 7) is 4.90. The lowest BCUT2D eigenvalue weighted by molar-refractivity contribution is -0.132. The maximum atomic E-state index is 12.5. The molecule has 1 aromatic rings. The average Bonchev–Trinajstić information content (AvgIpc) is 2.55. The summed E-state index contributed by atoms with van der Waals surface area (Å²) in [6.07, 6.45) is 2.05. The largest absolute Gasteiger partial charge is 0.496 e. The molecule has 128 valence electrons. The van der Waals surface area contributed by atoms with Gasteiger partial charge in [0.15, 0.2) is 0 Å². The van der Waals surface area contributed by atoms with Crippen LogP contribution in [0, 0.1) is 5.41 Å². The maximum Gasteiger partial charge on any atom is 0.236 e. The minimum atomic E-state index is -0.0836. The molecule has 0 aliphatic carbocycles. The van der Waals surface area contributed by atoms with Crippen molar-refractivity contribution in [2.24, 2.45) is 5.41 Å². The number of nitrogens with zero attached hydrogens (tertiary/aromatic N) is 2. The number of piperidine rings is 1. The summed E-state index contributed by atoms with van der Waals surface area (Å²) < 4.78 is 5.34. The van der Waals surface area contributed by atoms with Gasteiger partial charge in [0.05, 0.1) is 13.7 Å². The summed E-state index contributed by atoms with van der Waals surface area (Å²) in [7, 11) is 3.47. The Morgan fingerprint density at radius 1 is 1.43 bits per heavy atom. The van der Waals surface area contributed by atoms with E-state index in [0.717, 1.165) is 37.2 Å². The number of carbonyl (C=O) groups is 1. The Hall–Kier alpha value is -1.59. The molecule has 1 aromatic carbocycles. The van der Waals surface area contributed by atoms with Crippen LogP contribution in [-0.2, 0) is 11.3 Å². The van der Waals surface area contributed by atoms with E-state index in [4.69, 9.17) is 4.74 Å². The van der Waals surface area contributed by atoms with Gasteiger partial charge < -0.3 is 14.7 Å². The first-order chi connectivity index (χ1) is 11.0. The van der Waals surface area contributed by atoms with Crippen LogP contribution in [0.15, 0.2) is 24.3 Å². The molecular weight excluding hydrogens is 292 g/mol. The van der Waals surface area contributed by atoms with E-state index in [1.807, 2.05) is 31.3 Å². The van der Waals surface area contributed by atoms with Crippen molar-refractivity contribution in [1.29, 1.82) is 0 Å². The van der Waals surface area contributed by atoms with Crippen molar-refractivity contribution in [2.45, 2.75) is 26.3 Å². The molecule has 0 saturated carbocycles. The van der Waals surface area contributed by atoms with Gasteiger partial charge in [-0.05, 0) is 25.5 Å². The molecule has 1 aliphatic rings. The molecule has 1 aliphatic heterocycles. The van der Waals surface area contributed by atoms with Crippen LogP contribution >= 0.6 is 0 Å². The van der Waals surface area contributed by atoms with E-state index in [-0.39, 0.29) is 17.9 Å². The first-order valence-corrected chi connectivity index (χ1v) is 8.16. The number of ether oxygens (including phenoxy) is 1. The van der Waals surface area contributed by atoms with Gasteiger partial charge in [-0.2, -0.15) is 0 Å². The molecule has 0 bridgehead atoms. The van der Waals surface area contributed by atoms with Gasteiger partial charge in [0.1, 0.15) is 5.75 Å². The third kappa shape index (κ3) is 4.69. The smallest absolute Gasteiger partial charge is 0.236 e. The second-order valence-electron chi connectivity index (χ2n) is 6.84. The number of carbonyl (C=O) groups excluding carboxylic acids is 1. The molecule has 5 heteroatoms. The normalized spacial score (nSPS) is 21.9. The zero-order valence-corrected chi connectivity index (χ0v) is 14.4. The minimum absolute atomic E-state index is 0.0836. The average molecular weight is 320 g/mol. The zero-order chi connectivity index (χ0) is 16.9. The van der Waals surface area contributed by atoms with Crippen molar-refractivity contribution in [3.05, 3.63) is 29.8 Å². The number of benzene rings is 1. The Morgan fingerprint density at radius 2 is 2.17 bits per heavy atom. The number of likely N-dealkylation sites (N-methyl/N-ethyl adjacent to an activating group) is 1. The number of likely N-dealkylation sites (tertiary alicyclic amines) is 1. The van der Waals surface area contributed by atoms with Gasteiger partial charge in [-0.15, -0.1) is 0 Å². The fourth-order valence-electron chi connectivity index (χ4n) is 3.18. The van der Waals surface area contributed by atoms with Crippen LogP contribution in [0.5, 0.6) is 5.75 Å². The summed E-state index contributed by atoms with van der Waals surface area (Å²) in [5.74, 6) is 0.899. The van der Waals surface area contributed by atoms with E-state index < -0.39 is 0 Å². The van der Waals surface area contributed by atoms with Crippen LogP contribution in [0.3, 0.4) is 0 Å². The molecule has 5 nitrogen and oxygen atoms in total. The predicted molar refractivity (Wildman–Crippen MR) is 90.3 cm³/mol. The number of aliphatic hydroxyl groups is 1. The molecule has 0 aromatic heterocycles. The summed E-state index contributed by atoms with van der Waals surface area (Å²) in [4.78, 5) is 16.4. The highest BCUT2D eigenvalue weighted by molar-refractivity contribution is 5.78. The molecule has 23 heavy (non-hydrogen) atoms. The van der Waals surface area contributed by atoms with E-state index >= 15 is 0 Å². The monoisotopic (exact) mass is 320 g/mol. The highest BCUT2D eigenvalue weighted by Crippen LogP contribution is 2.28. The van der Waals surface area contributed by atoms with Gasteiger partial charge in [0.25, 0.3) is 0 Å². The minimum Gasteiger partial charge on any atom is -0.496 e. The standard InChI is InChI=1S/C18H28N2O3/c1-18(14-21)9-6-10-20(13-18)12-17(22)19(2)11-15-7-4-5-8-16(15)23-3/h4-5,7-8,21H,6,9-14H2,1-3H3. The topological polar surface area (TPSA) is 53.0 Å². The number of methoxy groups -OCH3 is 1. The lowest BCUT2D eigenvalue weighted by atomic mass is 9.83. The number of para-hydroxylation sites is 1. The molecule has 1 saturated heterocycles. The summed E-state index contributed by atoms with van der Waals surface area (Å²) in [5, 5.41) is 9.53. The lowest BCUT2D eigenvalue weighted by Gasteiger charge is -2.39. The molecule has 2 rings (SSSR count). The van der Waals surface area contributed by atoms with E-state index in [9.17, 15) is 9.90 Å². The van der Waals surface area contributed by atoms with Gasteiger partial charge in [-0.3, -0.25) is 9.69 Å². The lowest BCUT2D eigenvalue weighted by Crippen LogP contribution is -2.47. The molecule has 1 amide bonds. The molecule has 1 unspecified atom stereocenters. The Kier molecular flexibility index (Phi) is 6.02. The molecule has 1 N–H and O–H groups in total. The van der Waals surface area contributed by atoms with Gasteiger partial charge in [0, 0.05) is 37.7 Å². The highest BCUT2D eigenvalue weighted by Gasteiger charge is 2.31. The number of rotatable bonds is 6. The molecule has 1 atom stereocenters. The third-order valence-electron chi connectivity index (χ3n) is 4.63. The van der Waals surface area contributed by atoms with Crippen LogP contribution in [-0.4, -0.2) is 61.2 Å². The quantitative estimate of drug-likeness (QED) is 0.867.